The molecule has 20 aliphatic carbocycles. The summed E-state index contributed by atoms with van der Waals surface area (Å²) < 4.78 is 54.6. The topological polar surface area (TPSA) is 393 Å². The number of nitrogens with zero attached hydrogens (tertiary/aromatic N) is 5. The number of hydrogen-bond acceptors (Lipinski definition) is 21. The molecule has 0 aromatic carbocycles. The van der Waals surface area contributed by atoms with Crippen LogP contribution in [0.3, 0.4) is 0 Å². The fourth-order valence-electron chi connectivity index (χ4n) is 26.5. The fourth-order valence-corrected chi connectivity index (χ4v) is 26.5. The molecule has 11 N–H and O–H groups in total. The Morgan fingerprint density at radius 3 is 0.981 bits per heavy atom. The number of guanidine groups is 1. The van der Waals surface area contributed by atoms with Gasteiger partial charge in [-0.2, -0.15) is 52.6 Å². The van der Waals surface area contributed by atoms with Crippen molar-refractivity contribution in [1.29, 1.82) is 0 Å². The lowest BCUT2D eigenvalue weighted by molar-refractivity contribution is -0.390. The maximum absolute atomic E-state index is 11.3. The first kappa shape index (κ1) is 77.4. The van der Waals surface area contributed by atoms with Crippen LogP contribution >= 0.6 is 12.4 Å². The molecule has 3 amide bonds. The van der Waals surface area contributed by atoms with Gasteiger partial charge in [-0.1, -0.05) is 0 Å². The molecule has 8 spiro atoms. The lowest BCUT2D eigenvalue weighted by Gasteiger charge is -2.57. The summed E-state index contributed by atoms with van der Waals surface area (Å²) in [5, 5.41) is 4.24. The van der Waals surface area contributed by atoms with E-state index in [1.807, 2.05) is 4.68 Å². The van der Waals surface area contributed by atoms with Crippen LogP contribution in [0.2, 0.25) is 0 Å². The summed E-state index contributed by atoms with van der Waals surface area (Å²) in [5.41, 5.74) is 26.9. The summed E-state index contributed by atoms with van der Waals surface area (Å²) in [6.45, 7) is 2.38. The first-order chi connectivity index (χ1) is 50.7. The number of aliphatic imine (C=N–C) groups is 1. The van der Waals surface area contributed by atoms with E-state index in [1.165, 1.54) is 128 Å². The van der Waals surface area contributed by atoms with Crippen LogP contribution in [0.1, 0.15) is 238 Å². The maximum Gasteiger partial charge on any atom is 0.261 e. The van der Waals surface area contributed by atoms with E-state index in [-0.39, 0.29) is 37.4 Å². The Balaban J connectivity index is 0.000000107. The SMILES string of the molecule is CS(=O)(=O)O.Cl.NC(=O)CC1CCC2(CC1)OOC1(O2)C2CC3CC(C2)CC1C3.NC(=O)CN(CC(N)=O)CC1CCC2(CC1)OOC1(O2)C2CC3CC(C2)CC1C3.NC(N)=NCC1CCC2(CC1)OOC1(O2)C2CC3CC(C2)CC1C3.c1ncn(CC2CCC3(CC2)OOC2(O3)C3CC4CC(C3)CC2C4)n1. The number of ether oxygens (including phenoxy) is 4. The molecule has 1 aromatic heterocycles. The Kier molecular flexibility index (Phi) is 21.7. The number of aromatic nitrogens is 3. The van der Waals surface area contributed by atoms with E-state index in [0.717, 1.165) is 157 Å². The molecule has 107 heavy (non-hydrogen) atoms. The quantitative estimate of drug-likeness (QED) is 0.0490. The maximum atomic E-state index is 11.3. The number of carbonyl (C=O) groups is 3. The van der Waals surface area contributed by atoms with Crippen molar-refractivity contribution in [2.24, 2.45) is 152 Å². The summed E-state index contributed by atoms with van der Waals surface area (Å²) in [6.07, 6.45) is 45.0. The highest BCUT2D eigenvalue weighted by atomic mass is 35.5. The lowest BCUT2D eigenvalue weighted by Crippen LogP contribution is -2.59. The van der Waals surface area contributed by atoms with Crippen LogP contribution in [0.4, 0.5) is 0 Å². The zero-order chi connectivity index (χ0) is 73.2. The van der Waals surface area contributed by atoms with Crippen molar-refractivity contribution in [3.8, 4) is 0 Å². The van der Waals surface area contributed by atoms with E-state index in [9.17, 15) is 22.8 Å². The molecular formula is C77H121ClN10O18S. The molecule has 25 rings (SSSR count). The molecule has 4 aliphatic heterocycles. The fraction of sp³-hybridized carbons (Fsp3) is 0.922. The van der Waals surface area contributed by atoms with Crippen molar-refractivity contribution in [2.75, 3.05) is 32.4 Å². The molecule has 24 aliphatic rings. The summed E-state index contributed by atoms with van der Waals surface area (Å²) in [6, 6.07) is 0. The first-order valence-electron chi connectivity index (χ1n) is 41.4. The second-order valence-corrected chi connectivity index (χ2v) is 39.4. The minimum Gasteiger partial charge on any atom is -0.370 e. The van der Waals surface area contributed by atoms with E-state index in [0.29, 0.717) is 96.8 Å². The Hall–Kier alpha value is -3.50. The van der Waals surface area contributed by atoms with Gasteiger partial charge in [0.2, 0.25) is 64.0 Å². The van der Waals surface area contributed by atoms with Gasteiger partial charge in [-0.3, -0.25) is 33.5 Å². The number of primary amides is 3. The highest BCUT2D eigenvalue weighted by molar-refractivity contribution is 7.85. The number of carbonyl (C=O) groups excluding carboxylic acids is 3. The van der Waals surface area contributed by atoms with Gasteiger partial charge in [0.25, 0.3) is 10.1 Å². The Bertz CT molecular complexity index is 3330. The highest BCUT2D eigenvalue weighted by Gasteiger charge is 2.71. The number of hydrogen-bond donors (Lipinski definition) is 6. The predicted octanol–water partition coefficient (Wildman–Crippen LogP) is 9.65. The smallest absolute Gasteiger partial charge is 0.261 e. The van der Waals surface area contributed by atoms with E-state index in [1.54, 1.807) is 17.6 Å². The van der Waals surface area contributed by atoms with Gasteiger partial charge in [-0.25, -0.2) is 4.98 Å². The van der Waals surface area contributed by atoms with Crippen LogP contribution in [0, 0.1) is 118 Å². The van der Waals surface area contributed by atoms with Gasteiger partial charge in [0.15, 0.2) is 5.96 Å². The standard InChI is InChI=1S/C21H33N3O5.C19H27N3O3.C18H29N3O3.C18H27NO4.CH4O3S.ClH/c22-18(25)11-24(12-19(23)26)10-13-1-3-20(4-2-13)27-21(29-28-20)16-6-14-5-15(8-16)9-17(21)7-14;1-3-18(4-2-13(1)10-22-12-20-11-21-22)23-19(25-24-18)16-6-14-5-15(8-16)9-17(19)7-14;19-16(20)21-10-11-1-3-17(4-2-11)22-18(24-23-17)14-6-12-5-13(8-14)9-15(18)7-12;19-16(20)10-11-1-3-17(4-2-11)21-18(23-22-17)14-6-12-5-13(8-14)9-15(18)7-12;1-5(2,3)4;/h13-17H,1-12H2,(H2,22,25)(H2,23,26);11-17H,1-10H2;11-15H,1-10H2,(H4,19,20,21);11-15H,1-10H2,(H2,19,20);1H3,(H,2,3,4);1H. The van der Waals surface area contributed by atoms with Gasteiger partial charge >= 0.3 is 0 Å². The molecule has 600 valence electrons. The zero-order valence-corrected chi connectivity index (χ0v) is 64.4. The predicted molar refractivity (Wildman–Crippen MR) is 385 cm³/mol. The van der Waals surface area contributed by atoms with Gasteiger partial charge in [0.1, 0.15) is 12.7 Å². The highest BCUT2D eigenvalue weighted by Crippen LogP contribution is 2.69. The molecule has 30 heteroatoms. The number of amides is 3. The van der Waals surface area contributed by atoms with Crippen LogP contribution < -0.4 is 28.7 Å². The van der Waals surface area contributed by atoms with Gasteiger partial charge < -0.3 is 47.6 Å². The number of nitrogens with two attached hydrogens (primary N) is 5. The summed E-state index contributed by atoms with van der Waals surface area (Å²) in [5.74, 6) is 8.11. The van der Waals surface area contributed by atoms with Crippen molar-refractivity contribution in [2.45, 2.75) is 290 Å². The molecule has 16 bridgehead atoms. The third kappa shape index (κ3) is 15.7. The third-order valence-electron chi connectivity index (χ3n) is 30.5. The van der Waals surface area contributed by atoms with E-state index >= 15 is 0 Å². The first-order valence-corrected chi connectivity index (χ1v) is 43.2. The molecular weight excluding hydrogens is 1420 g/mol. The Morgan fingerprint density at radius 1 is 0.439 bits per heavy atom. The van der Waals surface area contributed by atoms with E-state index < -0.39 is 68.2 Å². The summed E-state index contributed by atoms with van der Waals surface area (Å²) in [7, 11) is -3.67. The van der Waals surface area contributed by atoms with E-state index in [2.05, 4.69) is 15.1 Å². The van der Waals surface area contributed by atoms with Crippen LogP contribution in [-0.2, 0) is 89.1 Å². The van der Waals surface area contributed by atoms with Crippen LogP contribution in [0.15, 0.2) is 17.6 Å². The summed E-state index contributed by atoms with van der Waals surface area (Å²) >= 11 is 0. The van der Waals surface area contributed by atoms with Crippen molar-refractivity contribution < 1.29 is 85.4 Å². The molecule has 20 saturated carbocycles. The number of halogens is 1. The minimum absolute atomic E-state index is 0. The number of rotatable bonds is 12. The molecule has 24 fully saturated rings. The molecule has 4 saturated heterocycles. The van der Waals surface area contributed by atoms with Crippen molar-refractivity contribution in [3.05, 3.63) is 12.7 Å². The van der Waals surface area contributed by atoms with Gasteiger partial charge in [0.05, 0.1) is 19.3 Å². The van der Waals surface area contributed by atoms with Gasteiger partial charge in [-0.15, -0.1) is 12.4 Å². The second kappa shape index (κ2) is 30.0. The van der Waals surface area contributed by atoms with Crippen molar-refractivity contribution >= 4 is 46.2 Å². The largest absolute Gasteiger partial charge is 0.370 e. The van der Waals surface area contributed by atoms with Crippen LogP contribution in [0.25, 0.3) is 0 Å². The zero-order valence-electron chi connectivity index (χ0n) is 62.7. The Labute approximate surface area is 635 Å². The van der Waals surface area contributed by atoms with E-state index in [4.69, 9.17) is 91.3 Å². The Morgan fingerprint density at radius 2 is 0.720 bits per heavy atom. The van der Waals surface area contributed by atoms with Crippen LogP contribution in [0.5, 0.6) is 0 Å². The van der Waals surface area contributed by atoms with Gasteiger partial charge in [-0.05, 0) is 251 Å². The monoisotopic (exact) mass is 1540 g/mol. The average Bonchev–Trinajstić information content (AvgIpc) is 1.62. The molecule has 28 nitrogen and oxygen atoms in total. The lowest BCUT2D eigenvalue weighted by atomic mass is 9.53. The molecule has 0 radical (unpaired) electrons. The minimum atomic E-state index is -3.67. The average molecular weight is 1540 g/mol. The van der Waals surface area contributed by atoms with Crippen LogP contribution in [-0.4, -0.2) is 135 Å². The molecule has 1 aromatic rings. The second-order valence-electron chi connectivity index (χ2n) is 38.0. The van der Waals surface area contributed by atoms with Crippen molar-refractivity contribution in [3.63, 3.8) is 0 Å². The third-order valence-corrected chi connectivity index (χ3v) is 30.5. The van der Waals surface area contributed by atoms with Gasteiger partial charge in [0, 0.05) is 125 Å². The molecule has 0 unspecified atom stereocenters. The van der Waals surface area contributed by atoms with Crippen molar-refractivity contribution in [1.82, 2.24) is 19.7 Å². The molecule has 5 heterocycles. The molecule has 0 atom stereocenters. The summed E-state index contributed by atoms with van der Waals surface area (Å²) in [4.78, 5) is 91.7. The normalized spacial score (nSPS) is 48.1.